The van der Waals surface area contributed by atoms with Gasteiger partial charge in [0, 0.05) is 48.8 Å². The van der Waals surface area contributed by atoms with E-state index in [2.05, 4.69) is 15.6 Å². The normalized spacial score (nSPS) is 20.2. The highest BCUT2D eigenvalue weighted by Gasteiger charge is 2.34. The Kier molecular flexibility index (Phi) is 10.4. The summed E-state index contributed by atoms with van der Waals surface area (Å²) in [6, 6.07) is 5.52. The van der Waals surface area contributed by atoms with E-state index < -0.39 is 0 Å². The molecule has 142 valence electrons. The monoisotopic (exact) mass is 501 g/mol. The zero-order chi connectivity index (χ0) is 17.4. The van der Waals surface area contributed by atoms with E-state index in [1.54, 1.807) is 7.05 Å². The summed E-state index contributed by atoms with van der Waals surface area (Å²) in [5.74, 6) is 0.724. The van der Waals surface area contributed by atoms with Crippen molar-refractivity contribution < 1.29 is 9.84 Å². The third kappa shape index (κ3) is 6.75. The predicted molar refractivity (Wildman–Crippen MR) is 115 cm³/mol. The van der Waals surface area contributed by atoms with Crippen molar-refractivity contribution in [1.29, 1.82) is 0 Å². The lowest BCUT2D eigenvalue weighted by molar-refractivity contribution is 0.127. The fourth-order valence-electron chi connectivity index (χ4n) is 2.88. The van der Waals surface area contributed by atoms with E-state index in [0.29, 0.717) is 29.6 Å². The van der Waals surface area contributed by atoms with Crippen LogP contribution < -0.4 is 10.6 Å². The molecule has 0 radical (unpaired) electrons. The van der Waals surface area contributed by atoms with Gasteiger partial charge in [-0.25, -0.2) is 0 Å². The van der Waals surface area contributed by atoms with E-state index >= 15 is 0 Å². The molecule has 1 heterocycles. The standard InChI is InChI=1S/C17H25Cl2N3O2.HI/c1-20-16(22-11-17(6-9-23)7-10-24-12-17)21-8-5-13-14(18)3-2-4-15(13)19;/h2-4,23H,5-12H2,1H3,(H2,20,21,22);1H. The summed E-state index contributed by atoms with van der Waals surface area (Å²) in [5, 5.41) is 17.2. The summed E-state index contributed by atoms with van der Waals surface area (Å²) in [4.78, 5) is 4.24. The number of benzene rings is 1. The Balaban J connectivity index is 0.00000312. The molecule has 5 nitrogen and oxygen atoms in total. The van der Waals surface area contributed by atoms with Crippen LogP contribution in [-0.4, -0.2) is 51.0 Å². The molecular weight excluding hydrogens is 476 g/mol. The van der Waals surface area contributed by atoms with Crippen molar-refractivity contribution in [2.24, 2.45) is 10.4 Å². The highest BCUT2D eigenvalue weighted by molar-refractivity contribution is 14.0. The quantitative estimate of drug-likeness (QED) is 0.305. The number of ether oxygens (including phenoxy) is 1. The van der Waals surface area contributed by atoms with E-state index in [1.807, 2.05) is 18.2 Å². The first kappa shape index (κ1) is 22.8. The van der Waals surface area contributed by atoms with Gasteiger partial charge in [-0.05, 0) is 37.0 Å². The van der Waals surface area contributed by atoms with E-state index in [-0.39, 0.29) is 36.0 Å². The molecule has 0 aliphatic carbocycles. The maximum Gasteiger partial charge on any atom is 0.191 e. The van der Waals surface area contributed by atoms with E-state index in [0.717, 1.165) is 37.5 Å². The summed E-state index contributed by atoms with van der Waals surface area (Å²) in [7, 11) is 1.74. The number of rotatable bonds is 7. The molecule has 1 unspecified atom stereocenters. The number of nitrogens with zero attached hydrogens (tertiary/aromatic N) is 1. The van der Waals surface area contributed by atoms with Crippen molar-refractivity contribution in [2.75, 3.05) is 40.0 Å². The van der Waals surface area contributed by atoms with Crippen molar-refractivity contribution >= 4 is 53.1 Å². The van der Waals surface area contributed by atoms with Crippen LogP contribution in [0.25, 0.3) is 0 Å². The van der Waals surface area contributed by atoms with Crippen LogP contribution in [0.15, 0.2) is 23.2 Å². The predicted octanol–water partition coefficient (Wildman–Crippen LogP) is 3.11. The minimum Gasteiger partial charge on any atom is -0.396 e. The Labute approximate surface area is 176 Å². The maximum atomic E-state index is 9.28. The molecule has 0 spiro atoms. The molecule has 1 aliphatic heterocycles. The second-order valence-corrected chi connectivity index (χ2v) is 6.89. The zero-order valence-electron chi connectivity index (χ0n) is 14.4. The summed E-state index contributed by atoms with van der Waals surface area (Å²) in [5.41, 5.74) is 0.919. The van der Waals surface area contributed by atoms with Gasteiger partial charge in [0.2, 0.25) is 0 Å². The molecule has 3 N–H and O–H groups in total. The van der Waals surface area contributed by atoms with Crippen LogP contribution >= 0.6 is 47.2 Å². The van der Waals surface area contributed by atoms with Crippen molar-refractivity contribution in [3.63, 3.8) is 0 Å². The van der Waals surface area contributed by atoms with Crippen molar-refractivity contribution in [3.05, 3.63) is 33.8 Å². The smallest absolute Gasteiger partial charge is 0.191 e. The summed E-state index contributed by atoms with van der Waals surface area (Å²) in [6.45, 7) is 2.99. The van der Waals surface area contributed by atoms with Crippen LogP contribution in [-0.2, 0) is 11.2 Å². The van der Waals surface area contributed by atoms with Crippen LogP contribution in [0.5, 0.6) is 0 Å². The van der Waals surface area contributed by atoms with Gasteiger partial charge in [0.15, 0.2) is 5.96 Å². The number of hydrogen-bond donors (Lipinski definition) is 3. The molecule has 0 amide bonds. The first-order valence-corrected chi connectivity index (χ1v) is 8.92. The Hall–Kier alpha value is -0.280. The Bertz CT molecular complexity index is 547. The number of aliphatic hydroxyl groups is 1. The number of aliphatic imine (C=N–C) groups is 1. The number of halogens is 3. The summed E-state index contributed by atoms with van der Waals surface area (Å²) < 4.78 is 5.50. The van der Waals surface area contributed by atoms with Gasteiger partial charge in [0.25, 0.3) is 0 Å². The fraction of sp³-hybridized carbons (Fsp3) is 0.588. The molecule has 1 saturated heterocycles. The molecule has 8 heteroatoms. The molecule has 0 bridgehead atoms. The second kappa shape index (κ2) is 11.4. The van der Waals surface area contributed by atoms with Gasteiger partial charge in [-0.1, -0.05) is 29.3 Å². The van der Waals surface area contributed by atoms with Gasteiger partial charge >= 0.3 is 0 Å². The number of nitrogens with one attached hydrogen (secondary N) is 2. The van der Waals surface area contributed by atoms with E-state index in [1.165, 1.54) is 0 Å². The van der Waals surface area contributed by atoms with Crippen molar-refractivity contribution in [2.45, 2.75) is 19.3 Å². The Morgan fingerprint density at radius 1 is 1.32 bits per heavy atom. The minimum absolute atomic E-state index is 0. The van der Waals surface area contributed by atoms with E-state index in [4.69, 9.17) is 27.9 Å². The molecule has 0 saturated carbocycles. The minimum atomic E-state index is -0.0155. The number of hydrogen-bond acceptors (Lipinski definition) is 3. The first-order valence-electron chi connectivity index (χ1n) is 8.16. The molecule has 1 aromatic rings. The third-order valence-corrected chi connectivity index (χ3v) is 5.12. The molecule has 25 heavy (non-hydrogen) atoms. The Morgan fingerprint density at radius 3 is 2.60 bits per heavy atom. The van der Waals surface area contributed by atoms with Gasteiger partial charge < -0.3 is 20.5 Å². The summed E-state index contributed by atoms with van der Waals surface area (Å²) in [6.07, 6.45) is 2.39. The maximum absolute atomic E-state index is 9.28. The molecule has 1 aliphatic rings. The average Bonchev–Trinajstić information content (AvgIpc) is 3.02. The van der Waals surface area contributed by atoms with Crippen molar-refractivity contribution in [1.82, 2.24) is 10.6 Å². The largest absolute Gasteiger partial charge is 0.396 e. The van der Waals surface area contributed by atoms with Gasteiger partial charge in [-0.2, -0.15) is 0 Å². The van der Waals surface area contributed by atoms with Gasteiger partial charge in [0.05, 0.1) is 6.61 Å². The van der Waals surface area contributed by atoms with Crippen LogP contribution in [0.4, 0.5) is 0 Å². The summed E-state index contributed by atoms with van der Waals surface area (Å²) >= 11 is 12.4. The highest BCUT2D eigenvalue weighted by Crippen LogP contribution is 2.31. The highest BCUT2D eigenvalue weighted by atomic mass is 127. The first-order chi connectivity index (χ1) is 11.6. The van der Waals surface area contributed by atoms with Crippen LogP contribution in [0.3, 0.4) is 0 Å². The molecule has 1 aromatic carbocycles. The second-order valence-electron chi connectivity index (χ2n) is 6.08. The lowest BCUT2D eigenvalue weighted by Gasteiger charge is -2.27. The number of aliphatic hydroxyl groups excluding tert-OH is 1. The fourth-order valence-corrected chi connectivity index (χ4v) is 3.47. The zero-order valence-corrected chi connectivity index (χ0v) is 18.2. The van der Waals surface area contributed by atoms with Crippen LogP contribution in [0.2, 0.25) is 10.0 Å². The van der Waals surface area contributed by atoms with Crippen LogP contribution in [0, 0.1) is 5.41 Å². The molecule has 2 rings (SSSR count). The molecule has 1 atom stereocenters. The molecule has 0 aromatic heterocycles. The molecule has 1 fully saturated rings. The Morgan fingerprint density at radius 2 is 2.04 bits per heavy atom. The van der Waals surface area contributed by atoms with Gasteiger partial charge in [0.1, 0.15) is 0 Å². The number of guanidine groups is 1. The van der Waals surface area contributed by atoms with Crippen molar-refractivity contribution in [3.8, 4) is 0 Å². The topological polar surface area (TPSA) is 65.9 Å². The van der Waals surface area contributed by atoms with E-state index in [9.17, 15) is 5.11 Å². The lowest BCUT2D eigenvalue weighted by atomic mass is 9.84. The van der Waals surface area contributed by atoms with Gasteiger partial charge in [-0.15, -0.1) is 24.0 Å². The average molecular weight is 502 g/mol. The lowest BCUT2D eigenvalue weighted by Crippen LogP contribution is -2.45. The SMILES string of the molecule is CN=C(NCCc1c(Cl)cccc1Cl)NCC1(CCO)CCOC1.I. The van der Waals surface area contributed by atoms with Crippen LogP contribution in [0.1, 0.15) is 18.4 Å². The van der Waals surface area contributed by atoms with Gasteiger partial charge in [-0.3, -0.25) is 4.99 Å². The molecular formula is C17H26Cl2IN3O2. The third-order valence-electron chi connectivity index (χ3n) is 4.41.